The van der Waals surface area contributed by atoms with E-state index < -0.39 is 23.4 Å². The maximum absolute atomic E-state index is 16.3. The van der Waals surface area contributed by atoms with Gasteiger partial charge in [-0.2, -0.15) is 13.2 Å². The summed E-state index contributed by atoms with van der Waals surface area (Å²) in [6.45, 7) is -0.281. The Labute approximate surface area is 242 Å². The topological polar surface area (TPSA) is 88.7 Å². The highest BCUT2D eigenvalue weighted by molar-refractivity contribution is 7.22. The third kappa shape index (κ3) is 4.94. The first-order valence-corrected chi connectivity index (χ1v) is 14.8. The van der Waals surface area contributed by atoms with Crippen LogP contribution in [-0.2, 0) is 17.5 Å². The van der Waals surface area contributed by atoms with Gasteiger partial charge in [0.25, 0.3) is 0 Å². The maximum Gasteiger partial charge on any atom is 0.417 e. The third-order valence-corrected chi connectivity index (χ3v) is 9.56. The first kappa shape index (κ1) is 27.3. The molecule has 4 aromatic rings. The van der Waals surface area contributed by atoms with Crippen molar-refractivity contribution < 1.29 is 36.7 Å². The Morgan fingerprint density at radius 3 is 2.55 bits per heavy atom. The fourth-order valence-corrected chi connectivity index (χ4v) is 7.64. The number of halogens is 4. The largest absolute Gasteiger partial charge is 0.478 e. The average Bonchev–Trinajstić information content (AvgIpc) is 3.45. The van der Waals surface area contributed by atoms with Crippen LogP contribution >= 0.6 is 11.3 Å². The molecule has 2 atom stereocenters. The maximum atomic E-state index is 16.3. The van der Waals surface area contributed by atoms with Crippen LogP contribution < -0.4 is 4.90 Å². The molecule has 42 heavy (non-hydrogen) atoms. The lowest BCUT2D eigenvalue weighted by atomic mass is 9.88. The number of hydrogen-bond donors (Lipinski definition) is 1. The summed E-state index contributed by atoms with van der Waals surface area (Å²) in [4.78, 5) is 18.3. The minimum atomic E-state index is -4.56. The quantitative estimate of drug-likeness (QED) is 0.208. The van der Waals surface area contributed by atoms with Crippen LogP contribution in [-0.4, -0.2) is 45.6 Å². The van der Waals surface area contributed by atoms with Crippen molar-refractivity contribution in [2.24, 2.45) is 0 Å². The Morgan fingerprint density at radius 2 is 1.86 bits per heavy atom. The Hall–Kier alpha value is -3.51. The number of benzene rings is 2. The van der Waals surface area contributed by atoms with E-state index in [-0.39, 0.29) is 60.9 Å². The van der Waals surface area contributed by atoms with Gasteiger partial charge in [0.05, 0.1) is 34.6 Å². The molecule has 1 aliphatic carbocycles. The number of carboxylic acids is 1. The van der Waals surface area contributed by atoms with Gasteiger partial charge in [-0.1, -0.05) is 34.7 Å². The zero-order valence-electron chi connectivity index (χ0n) is 22.4. The molecule has 2 bridgehead atoms. The molecule has 3 aliphatic rings. The molecule has 0 radical (unpaired) electrons. The van der Waals surface area contributed by atoms with E-state index in [9.17, 15) is 23.1 Å². The second kappa shape index (κ2) is 10.0. The highest BCUT2D eigenvalue weighted by Crippen LogP contribution is 2.48. The number of rotatable bonds is 8. The van der Waals surface area contributed by atoms with Gasteiger partial charge in [0.15, 0.2) is 5.13 Å². The van der Waals surface area contributed by atoms with Crippen molar-refractivity contribution in [1.82, 2.24) is 10.1 Å². The third-order valence-electron chi connectivity index (χ3n) is 8.53. The summed E-state index contributed by atoms with van der Waals surface area (Å²) < 4.78 is 69.8. The molecule has 7 nitrogen and oxygen atoms in total. The van der Waals surface area contributed by atoms with Crippen LogP contribution in [0, 0.1) is 0 Å². The SMILES string of the molecule is O=C(O)c1ccc2nc(N3C4CCC3CC(F)(COCc3c(-c5ccccc5C(F)(F)F)noc3C3CC3)C4)sc2c1. The monoisotopic (exact) mass is 601 g/mol. The molecule has 12 heteroatoms. The fourth-order valence-electron chi connectivity index (χ4n) is 6.49. The number of nitrogens with zero attached hydrogens (tertiary/aromatic N) is 3. The van der Waals surface area contributed by atoms with E-state index in [1.807, 2.05) is 0 Å². The number of ether oxygens (including phenoxy) is 1. The van der Waals surface area contributed by atoms with Gasteiger partial charge < -0.3 is 19.3 Å². The van der Waals surface area contributed by atoms with Gasteiger partial charge in [-0.3, -0.25) is 0 Å². The van der Waals surface area contributed by atoms with Gasteiger partial charge in [-0.15, -0.1) is 0 Å². The highest BCUT2D eigenvalue weighted by atomic mass is 32.1. The molecule has 2 aromatic heterocycles. The first-order chi connectivity index (χ1) is 20.1. The minimum Gasteiger partial charge on any atom is -0.478 e. The average molecular weight is 602 g/mol. The van der Waals surface area contributed by atoms with E-state index in [1.165, 1.54) is 35.6 Å². The van der Waals surface area contributed by atoms with E-state index in [0.717, 1.165) is 41.6 Å². The summed E-state index contributed by atoms with van der Waals surface area (Å²) in [5.41, 5.74) is -1.03. The molecule has 2 aliphatic heterocycles. The molecule has 4 heterocycles. The Balaban J connectivity index is 1.08. The van der Waals surface area contributed by atoms with Gasteiger partial charge in [0.2, 0.25) is 0 Å². The van der Waals surface area contributed by atoms with Crippen molar-refractivity contribution >= 4 is 32.7 Å². The number of fused-ring (bicyclic) bond motifs is 3. The van der Waals surface area contributed by atoms with Gasteiger partial charge in [-0.05, 0) is 49.9 Å². The normalized spacial score (nSPS) is 24.0. The Morgan fingerprint density at radius 1 is 1.12 bits per heavy atom. The summed E-state index contributed by atoms with van der Waals surface area (Å²) in [5, 5.41) is 14.1. The summed E-state index contributed by atoms with van der Waals surface area (Å²) in [6, 6.07) is 9.92. The lowest BCUT2D eigenvalue weighted by molar-refractivity contribution is -0.137. The number of carbonyl (C=O) groups is 1. The first-order valence-electron chi connectivity index (χ1n) is 13.9. The molecular weight excluding hydrogens is 574 g/mol. The molecule has 3 fully saturated rings. The molecule has 1 N–H and O–H groups in total. The summed E-state index contributed by atoms with van der Waals surface area (Å²) in [6.07, 6.45) is -0.752. The van der Waals surface area contributed by atoms with Crippen LogP contribution in [0.2, 0.25) is 0 Å². The molecule has 220 valence electrons. The van der Waals surface area contributed by atoms with Crippen molar-refractivity contribution in [3.8, 4) is 11.3 Å². The summed E-state index contributed by atoms with van der Waals surface area (Å²) in [7, 11) is 0. The Kier molecular flexibility index (Phi) is 6.54. The van der Waals surface area contributed by atoms with Crippen LogP contribution in [0.3, 0.4) is 0 Å². The van der Waals surface area contributed by atoms with E-state index in [1.54, 1.807) is 12.1 Å². The van der Waals surface area contributed by atoms with Crippen LogP contribution in [0.1, 0.15) is 71.7 Å². The number of alkyl halides is 4. The van der Waals surface area contributed by atoms with Crippen LogP contribution in [0.15, 0.2) is 47.0 Å². The molecule has 2 aromatic carbocycles. The van der Waals surface area contributed by atoms with Gasteiger partial charge >= 0.3 is 12.1 Å². The predicted octanol–water partition coefficient (Wildman–Crippen LogP) is 7.60. The lowest BCUT2D eigenvalue weighted by Crippen LogP contribution is -2.51. The molecule has 7 rings (SSSR count). The zero-order chi connectivity index (χ0) is 29.2. The summed E-state index contributed by atoms with van der Waals surface area (Å²) >= 11 is 1.41. The van der Waals surface area contributed by atoms with E-state index in [0.29, 0.717) is 16.8 Å². The second-order valence-electron chi connectivity index (χ2n) is 11.5. The number of carboxylic acid groups (broad SMARTS) is 1. The minimum absolute atomic E-state index is 0.0770. The Bertz CT molecular complexity index is 1650. The lowest BCUT2D eigenvalue weighted by Gasteiger charge is -2.42. The molecule has 2 unspecified atom stereocenters. The summed E-state index contributed by atoms with van der Waals surface area (Å²) in [5.74, 6) is -0.396. The molecular formula is C30H27F4N3O4S. The van der Waals surface area contributed by atoms with E-state index >= 15 is 4.39 Å². The van der Waals surface area contributed by atoms with Crippen molar-refractivity contribution in [3.63, 3.8) is 0 Å². The molecule has 2 saturated heterocycles. The molecule has 0 amide bonds. The zero-order valence-corrected chi connectivity index (χ0v) is 23.2. The van der Waals surface area contributed by atoms with E-state index in [2.05, 4.69) is 10.1 Å². The number of piperidine rings is 1. The standard InChI is InChI=1S/C30H27F4N3O4S/c31-29(12-18-8-9-19(13-29)37(18)28-35-23-10-7-17(27(38)39)11-24(23)42-28)15-40-14-21-25(36-41-26(21)16-5-6-16)20-3-1-2-4-22(20)30(32,33)34/h1-4,7,10-11,16,18-19H,5-6,8-9,12-15H2,(H,38,39). The van der Waals surface area contributed by atoms with Crippen LogP contribution in [0.5, 0.6) is 0 Å². The number of aromatic carboxylic acids is 1. The predicted molar refractivity (Wildman–Crippen MR) is 148 cm³/mol. The second-order valence-corrected chi connectivity index (χ2v) is 12.5. The van der Waals surface area contributed by atoms with Gasteiger partial charge in [0, 0.05) is 42.0 Å². The molecule has 0 spiro atoms. The number of thiazole rings is 1. The fraction of sp³-hybridized carbons (Fsp3) is 0.433. The number of anilines is 1. The van der Waals surface area contributed by atoms with Crippen LogP contribution in [0.25, 0.3) is 21.5 Å². The smallest absolute Gasteiger partial charge is 0.417 e. The van der Waals surface area contributed by atoms with Crippen LogP contribution in [0.4, 0.5) is 22.7 Å². The van der Waals surface area contributed by atoms with Gasteiger partial charge in [-0.25, -0.2) is 14.2 Å². The molecule has 1 saturated carbocycles. The van der Waals surface area contributed by atoms with Crippen molar-refractivity contribution in [3.05, 3.63) is 64.9 Å². The number of aromatic nitrogens is 2. The van der Waals surface area contributed by atoms with E-state index in [4.69, 9.17) is 14.2 Å². The van der Waals surface area contributed by atoms with Crippen molar-refractivity contribution in [1.29, 1.82) is 0 Å². The van der Waals surface area contributed by atoms with Crippen molar-refractivity contribution in [2.75, 3.05) is 11.5 Å². The highest BCUT2D eigenvalue weighted by Gasteiger charge is 2.50. The number of hydrogen-bond acceptors (Lipinski definition) is 7. The van der Waals surface area contributed by atoms with Gasteiger partial charge in [0.1, 0.15) is 17.1 Å². The van der Waals surface area contributed by atoms with Crippen molar-refractivity contribution in [2.45, 2.75) is 75.0 Å².